The van der Waals surface area contributed by atoms with Crippen molar-refractivity contribution in [3.8, 4) is 11.5 Å². The van der Waals surface area contributed by atoms with Crippen LogP contribution >= 0.6 is 0 Å². The summed E-state index contributed by atoms with van der Waals surface area (Å²) < 4.78 is 25.1. The van der Waals surface area contributed by atoms with Crippen LogP contribution in [-0.2, 0) is 4.74 Å². The largest absolute Gasteiger partial charge is 0.456 e. The van der Waals surface area contributed by atoms with E-state index in [2.05, 4.69) is 15.5 Å². The summed E-state index contributed by atoms with van der Waals surface area (Å²) in [5.41, 5.74) is 0.497. The molecule has 0 bridgehead atoms. The Hall–Kier alpha value is -2.05. The predicted molar refractivity (Wildman–Crippen MR) is 70.1 cm³/mol. The third kappa shape index (κ3) is 2.92. The number of hydrogen-bond donors (Lipinski definition) is 1. The first-order valence-electron chi connectivity index (χ1n) is 6.39. The third-order valence-corrected chi connectivity index (χ3v) is 3.03. The molecule has 1 atom stereocenters. The number of nitrogens with one attached hydrogen (secondary N) is 1. The van der Waals surface area contributed by atoms with E-state index < -0.39 is 0 Å². The van der Waals surface area contributed by atoms with Gasteiger partial charge in [-0.15, -0.1) is 0 Å². The van der Waals surface area contributed by atoms with Gasteiger partial charge in [-0.25, -0.2) is 4.39 Å². The van der Waals surface area contributed by atoms with Crippen LogP contribution in [-0.4, -0.2) is 29.9 Å². The molecule has 0 unspecified atom stereocenters. The van der Waals surface area contributed by atoms with Crippen LogP contribution in [0.4, 0.5) is 4.39 Å². The molecule has 0 radical (unpaired) electrons. The van der Waals surface area contributed by atoms with Crippen LogP contribution in [0.2, 0.25) is 0 Å². The SMILES string of the molecule is Fc1ccc(Oc2ccnnc2)cc1[C@@H]1CNCCO1. The van der Waals surface area contributed by atoms with Gasteiger partial charge in [-0.1, -0.05) is 0 Å². The highest BCUT2D eigenvalue weighted by Gasteiger charge is 2.20. The lowest BCUT2D eigenvalue weighted by molar-refractivity contribution is 0.0254. The summed E-state index contributed by atoms with van der Waals surface area (Å²) in [5.74, 6) is 0.808. The van der Waals surface area contributed by atoms with Crippen molar-refractivity contribution >= 4 is 0 Å². The molecule has 1 N–H and O–H groups in total. The molecule has 1 fully saturated rings. The van der Waals surface area contributed by atoms with E-state index in [1.807, 2.05) is 0 Å². The predicted octanol–water partition coefficient (Wildman–Crippen LogP) is 2.07. The van der Waals surface area contributed by atoms with Crippen molar-refractivity contribution in [2.24, 2.45) is 0 Å². The minimum absolute atomic E-state index is 0.289. The van der Waals surface area contributed by atoms with Gasteiger partial charge in [0.2, 0.25) is 0 Å². The van der Waals surface area contributed by atoms with Crippen molar-refractivity contribution in [2.45, 2.75) is 6.10 Å². The van der Waals surface area contributed by atoms with Gasteiger partial charge in [0.25, 0.3) is 0 Å². The molecule has 1 aromatic heterocycles. The van der Waals surface area contributed by atoms with Gasteiger partial charge < -0.3 is 14.8 Å². The van der Waals surface area contributed by atoms with Gasteiger partial charge in [0.1, 0.15) is 17.3 Å². The fraction of sp³-hybridized carbons (Fsp3) is 0.286. The quantitative estimate of drug-likeness (QED) is 0.929. The van der Waals surface area contributed by atoms with E-state index in [0.29, 0.717) is 30.2 Å². The van der Waals surface area contributed by atoms with Crippen LogP contribution < -0.4 is 10.1 Å². The van der Waals surface area contributed by atoms with E-state index in [1.54, 1.807) is 18.2 Å². The molecule has 2 heterocycles. The van der Waals surface area contributed by atoms with Crippen LogP contribution in [0.3, 0.4) is 0 Å². The Morgan fingerprint density at radius 1 is 1.25 bits per heavy atom. The summed E-state index contributed by atoms with van der Waals surface area (Å²) in [4.78, 5) is 0. The average Bonchev–Trinajstić information content (AvgIpc) is 2.51. The Balaban J connectivity index is 1.82. The first kappa shape index (κ1) is 13.0. The Bertz CT molecular complexity index is 574. The lowest BCUT2D eigenvalue weighted by atomic mass is 10.1. The molecule has 1 aromatic carbocycles. The van der Waals surface area contributed by atoms with Crippen LogP contribution in [0.15, 0.2) is 36.7 Å². The van der Waals surface area contributed by atoms with Crippen LogP contribution in [0, 0.1) is 5.82 Å². The molecule has 0 amide bonds. The maximum Gasteiger partial charge on any atom is 0.149 e. The molecular weight excluding hydrogens is 261 g/mol. The second kappa shape index (κ2) is 5.94. The molecule has 1 aliphatic heterocycles. The average molecular weight is 275 g/mol. The summed E-state index contributed by atoms with van der Waals surface area (Å²) in [7, 11) is 0. The van der Waals surface area contributed by atoms with Gasteiger partial charge in [0.15, 0.2) is 0 Å². The van der Waals surface area contributed by atoms with E-state index >= 15 is 0 Å². The summed E-state index contributed by atoms with van der Waals surface area (Å²) in [6, 6.07) is 6.31. The zero-order valence-electron chi connectivity index (χ0n) is 10.8. The lowest BCUT2D eigenvalue weighted by Crippen LogP contribution is -2.33. The van der Waals surface area contributed by atoms with E-state index in [4.69, 9.17) is 9.47 Å². The molecule has 1 aliphatic rings. The Morgan fingerprint density at radius 2 is 2.20 bits per heavy atom. The number of nitrogens with zero attached hydrogens (tertiary/aromatic N) is 2. The number of morpholine rings is 1. The van der Waals surface area contributed by atoms with E-state index in [0.717, 1.165) is 6.54 Å². The van der Waals surface area contributed by atoms with Crippen molar-refractivity contribution in [1.29, 1.82) is 0 Å². The third-order valence-electron chi connectivity index (χ3n) is 3.03. The number of aromatic nitrogens is 2. The highest BCUT2D eigenvalue weighted by Crippen LogP contribution is 2.28. The molecule has 1 saturated heterocycles. The van der Waals surface area contributed by atoms with Crippen molar-refractivity contribution in [3.63, 3.8) is 0 Å². The number of halogens is 1. The van der Waals surface area contributed by atoms with Crippen LogP contribution in [0.1, 0.15) is 11.7 Å². The van der Waals surface area contributed by atoms with Gasteiger partial charge in [-0.2, -0.15) is 10.2 Å². The first-order valence-corrected chi connectivity index (χ1v) is 6.39. The molecule has 6 heteroatoms. The van der Waals surface area contributed by atoms with Crippen molar-refractivity contribution in [2.75, 3.05) is 19.7 Å². The molecule has 0 aliphatic carbocycles. The topological polar surface area (TPSA) is 56.3 Å². The second-order valence-electron chi connectivity index (χ2n) is 4.43. The molecule has 104 valence electrons. The highest BCUT2D eigenvalue weighted by atomic mass is 19.1. The van der Waals surface area contributed by atoms with Gasteiger partial charge in [0, 0.05) is 24.7 Å². The van der Waals surface area contributed by atoms with Crippen molar-refractivity contribution < 1.29 is 13.9 Å². The molecular formula is C14H14FN3O2. The summed E-state index contributed by atoms with van der Waals surface area (Å²) in [6.07, 6.45) is 2.75. The van der Waals surface area contributed by atoms with E-state index in [9.17, 15) is 4.39 Å². The normalized spacial score (nSPS) is 18.8. The lowest BCUT2D eigenvalue weighted by Gasteiger charge is -2.24. The maximum absolute atomic E-state index is 13.9. The molecule has 0 saturated carbocycles. The first-order chi connectivity index (χ1) is 9.83. The maximum atomic E-state index is 13.9. The van der Waals surface area contributed by atoms with E-state index in [-0.39, 0.29) is 11.9 Å². The molecule has 5 nitrogen and oxygen atoms in total. The standard InChI is InChI=1S/C14H14FN3O2/c15-13-2-1-10(20-11-3-4-17-18-8-11)7-12(13)14-9-16-5-6-19-14/h1-4,7-8,14,16H,5-6,9H2/t14-/m0/s1. The van der Waals surface area contributed by atoms with Crippen LogP contribution in [0.5, 0.6) is 11.5 Å². The molecule has 0 spiro atoms. The second-order valence-corrected chi connectivity index (χ2v) is 4.43. The Morgan fingerprint density at radius 3 is 2.95 bits per heavy atom. The fourth-order valence-corrected chi connectivity index (χ4v) is 2.07. The summed E-state index contributed by atoms with van der Waals surface area (Å²) in [6.45, 7) is 1.96. The van der Waals surface area contributed by atoms with Gasteiger partial charge in [0.05, 0.1) is 25.1 Å². The van der Waals surface area contributed by atoms with Crippen molar-refractivity contribution in [3.05, 3.63) is 48.0 Å². The number of rotatable bonds is 3. The van der Waals surface area contributed by atoms with Gasteiger partial charge in [-0.05, 0) is 18.2 Å². The smallest absolute Gasteiger partial charge is 0.149 e. The summed E-state index contributed by atoms with van der Waals surface area (Å²) >= 11 is 0. The number of hydrogen-bond acceptors (Lipinski definition) is 5. The molecule has 20 heavy (non-hydrogen) atoms. The minimum atomic E-state index is -0.293. The zero-order chi connectivity index (χ0) is 13.8. The summed E-state index contributed by atoms with van der Waals surface area (Å²) in [5, 5.41) is 10.6. The molecule has 2 aromatic rings. The Kier molecular flexibility index (Phi) is 3.85. The molecule has 3 rings (SSSR count). The zero-order valence-corrected chi connectivity index (χ0v) is 10.8. The van der Waals surface area contributed by atoms with Crippen molar-refractivity contribution in [1.82, 2.24) is 15.5 Å². The van der Waals surface area contributed by atoms with Gasteiger partial charge >= 0.3 is 0 Å². The minimum Gasteiger partial charge on any atom is -0.456 e. The van der Waals surface area contributed by atoms with Gasteiger partial charge in [-0.3, -0.25) is 0 Å². The fourth-order valence-electron chi connectivity index (χ4n) is 2.07. The van der Waals surface area contributed by atoms with Crippen LogP contribution in [0.25, 0.3) is 0 Å². The van der Waals surface area contributed by atoms with E-state index in [1.165, 1.54) is 18.5 Å². The number of benzene rings is 1. The Labute approximate surface area is 115 Å². The highest BCUT2D eigenvalue weighted by molar-refractivity contribution is 5.34. The monoisotopic (exact) mass is 275 g/mol. The number of ether oxygens (including phenoxy) is 2.